The van der Waals surface area contributed by atoms with E-state index in [-0.39, 0.29) is 0 Å². The Hall–Kier alpha value is 0.160. The minimum Gasteiger partial charge on any atom is -0.311 e. The lowest BCUT2D eigenvalue weighted by molar-refractivity contribution is 0.302. The summed E-state index contributed by atoms with van der Waals surface area (Å²) in [6.07, 6.45) is 0. The molecule has 1 N–H and O–H groups in total. The van der Waals surface area contributed by atoms with Crippen LogP contribution in [0.25, 0.3) is 0 Å². The summed E-state index contributed by atoms with van der Waals surface area (Å²) < 4.78 is 1.11. The zero-order valence-electron chi connectivity index (χ0n) is 10.5. The summed E-state index contributed by atoms with van der Waals surface area (Å²) in [6.45, 7) is 9.64. The van der Waals surface area contributed by atoms with Gasteiger partial charge in [0.2, 0.25) is 0 Å². The van der Waals surface area contributed by atoms with Gasteiger partial charge in [-0.1, -0.05) is 31.5 Å². The monoisotopic (exact) mass is 366 g/mol. The number of rotatable bonds is 7. The molecule has 0 aromatic heterocycles. The second-order valence-corrected chi connectivity index (χ2v) is 5.52. The molecule has 0 aliphatic heterocycles. The third-order valence-electron chi connectivity index (χ3n) is 2.81. The minimum absolute atomic E-state index is 0.841. The van der Waals surface area contributed by atoms with Crippen LogP contribution in [-0.4, -0.2) is 31.1 Å². The molecule has 17 heavy (non-hydrogen) atoms. The normalized spacial score (nSPS) is 11.1. The first kappa shape index (κ1) is 15.2. The number of nitrogens with zero attached hydrogens (tertiary/aromatic N) is 1. The number of halogens is 2. The van der Waals surface area contributed by atoms with Gasteiger partial charge in [-0.05, 0) is 53.4 Å². The van der Waals surface area contributed by atoms with Crippen molar-refractivity contribution < 1.29 is 0 Å². The third-order valence-corrected chi connectivity index (χ3v) is 4.38. The standard InChI is InChI=1S/C13H20ClIN2/c1-3-17(4-2)8-7-16-10-11-5-6-13(15)12(14)9-11/h5-6,9,16H,3-4,7-8,10H2,1-2H3. The number of nitrogens with one attached hydrogen (secondary N) is 1. The zero-order chi connectivity index (χ0) is 12.7. The van der Waals surface area contributed by atoms with Crippen LogP contribution in [0, 0.1) is 3.57 Å². The molecule has 0 aliphatic rings. The van der Waals surface area contributed by atoms with E-state index < -0.39 is 0 Å². The number of benzene rings is 1. The smallest absolute Gasteiger partial charge is 0.0542 e. The van der Waals surface area contributed by atoms with Gasteiger partial charge in [0.05, 0.1) is 5.02 Å². The molecule has 0 radical (unpaired) electrons. The van der Waals surface area contributed by atoms with E-state index in [0.29, 0.717) is 0 Å². The van der Waals surface area contributed by atoms with Gasteiger partial charge in [0.15, 0.2) is 0 Å². The van der Waals surface area contributed by atoms with E-state index in [9.17, 15) is 0 Å². The van der Waals surface area contributed by atoms with E-state index in [0.717, 1.165) is 41.3 Å². The van der Waals surface area contributed by atoms with Crippen LogP contribution in [-0.2, 0) is 6.54 Å². The SMILES string of the molecule is CCN(CC)CCNCc1ccc(I)c(Cl)c1. The van der Waals surface area contributed by atoms with Crippen LogP contribution in [0.15, 0.2) is 18.2 Å². The van der Waals surface area contributed by atoms with Crippen molar-refractivity contribution in [1.82, 2.24) is 10.2 Å². The molecule has 0 bridgehead atoms. The van der Waals surface area contributed by atoms with Gasteiger partial charge >= 0.3 is 0 Å². The molecule has 0 unspecified atom stereocenters. The summed E-state index contributed by atoms with van der Waals surface area (Å²) in [6, 6.07) is 6.22. The first-order valence-corrected chi connectivity index (χ1v) is 7.50. The summed E-state index contributed by atoms with van der Waals surface area (Å²) in [5, 5.41) is 4.29. The van der Waals surface area contributed by atoms with E-state index >= 15 is 0 Å². The van der Waals surface area contributed by atoms with Crippen LogP contribution in [0.3, 0.4) is 0 Å². The molecule has 0 amide bonds. The molecule has 4 heteroatoms. The van der Waals surface area contributed by atoms with Crippen LogP contribution in [0.4, 0.5) is 0 Å². The molecular formula is C13H20ClIN2. The highest BCUT2D eigenvalue weighted by atomic mass is 127. The molecule has 1 aromatic carbocycles. The van der Waals surface area contributed by atoms with Crippen LogP contribution in [0.2, 0.25) is 5.02 Å². The maximum Gasteiger partial charge on any atom is 0.0542 e. The minimum atomic E-state index is 0.841. The van der Waals surface area contributed by atoms with E-state index in [1.54, 1.807) is 0 Å². The molecule has 0 heterocycles. The van der Waals surface area contributed by atoms with Crippen molar-refractivity contribution in [3.8, 4) is 0 Å². The summed E-state index contributed by atoms with van der Waals surface area (Å²) in [7, 11) is 0. The first-order valence-electron chi connectivity index (χ1n) is 6.04. The van der Waals surface area contributed by atoms with Crippen molar-refractivity contribution in [1.29, 1.82) is 0 Å². The number of hydrogen-bond acceptors (Lipinski definition) is 2. The molecule has 2 nitrogen and oxygen atoms in total. The highest BCUT2D eigenvalue weighted by Gasteiger charge is 2.00. The Balaban J connectivity index is 2.28. The molecule has 1 aromatic rings. The molecule has 1 rings (SSSR count). The van der Waals surface area contributed by atoms with Gasteiger partial charge in [0, 0.05) is 23.2 Å². The summed E-state index contributed by atoms with van der Waals surface area (Å²) in [4.78, 5) is 2.41. The summed E-state index contributed by atoms with van der Waals surface area (Å²) >= 11 is 8.32. The van der Waals surface area contributed by atoms with Crippen LogP contribution >= 0.6 is 34.2 Å². The van der Waals surface area contributed by atoms with Crippen LogP contribution in [0.1, 0.15) is 19.4 Å². The van der Waals surface area contributed by atoms with Gasteiger partial charge in [0.25, 0.3) is 0 Å². The molecule has 0 saturated carbocycles. The summed E-state index contributed by atoms with van der Waals surface area (Å²) in [5.74, 6) is 0. The molecule has 96 valence electrons. The highest BCUT2D eigenvalue weighted by molar-refractivity contribution is 14.1. The Morgan fingerprint density at radius 2 is 2.00 bits per heavy atom. The number of hydrogen-bond donors (Lipinski definition) is 1. The van der Waals surface area contributed by atoms with Crippen LogP contribution < -0.4 is 5.32 Å². The maximum atomic E-state index is 6.08. The average molecular weight is 367 g/mol. The fourth-order valence-corrected chi connectivity index (χ4v) is 2.20. The third kappa shape index (κ3) is 5.55. The predicted molar refractivity (Wildman–Crippen MR) is 83.7 cm³/mol. The average Bonchev–Trinajstić information content (AvgIpc) is 2.34. The van der Waals surface area contributed by atoms with Crippen LogP contribution in [0.5, 0.6) is 0 Å². The maximum absolute atomic E-state index is 6.08. The Kier molecular flexibility index (Phi) is 7.43. The molecule has 0 saturated heterocycles. The van der Waals surface area contributed by atoms with Gasteiger partial charge in [-0.3, -0.25) is 0 Å². The van der Waals surface area contributed by atoms with Crippen molar-refractivity contribution in [3.63, 3.8) is 0 Å². The van der Waals surface area contributed by atoms with Gasteiger partial charge in [0.1, 0.15) is 0 Å². The summed E-state index contributed by atoms with van der Waals surface area (Å²) in [5.41, 5.74) is 1.25. The first-order chi connectivity index (χ1) is 8.17. The van der Waals surface area contributed by atoms with E-state index in [2.05, 4.69) is 58.8 Å². The van der Waals surface area contributed by atoms with Crippen molar-refractivity contribution in [2.24, 2.45) is 0 Å². The fraction of sp³-hybridized carbons (Fsp3) is 0.538. The van der Waals surface area contributed by atoms with Crippen molar-refractivity contribution in [2.75, 3.05) is 26.2 Å². The molecule has 0 spiro atoms. The predicted octanol–water partition coefficient (Wildman–Crippen LogP) is 3.38. The lowest BCUT2D eigenvalue weighted by atomic mass is 10.2. The van der Waals surface area contributed by atoms with Gasteiger partial charge in [-0.15, -0.1) is 0 Å². The Labute approximate surface area is 123 Å². The lowest BCUT2D eigenvalue weighted by Crippen LogP contribution is -2.31. The van der Waals surface area contributed by atoms with Gasteiger partial charge in [-0.25, -0.2) is 0 Å². The second kappa shape index (κ2) is 8.29. The quantitative estimate of drug-likeness (QED) is 0.588. The van der Waals surface area contributed by atoms with Gasteiger partial charge in [-0.2, -0.15) is 0 Å². The topological polar surface area (TPSA) is 15.3 Å². The van der Waals surface area contributed by atoms with Gasteiger partial charge < -0.3 is 10.2 Å². The lowest BCUT2D eigenvalue weighted by Gasteiger charge is -2.18. The Morgan fingerprint density at radius 1 is 1.29 bits per heavy atom. The molecule has 0 aliphatic carbocycles. The van der Waals surface area contributed by atoms with E-state index in [4.69, 9.17) is 11.6 Å². The second-order valence-electron chi connectivity index (χ2n) is 3.95. The number of likely N-dealkylation sites (N-methyl/N-ethyl adjacent to an activating group) is 1. The van der Waals surface area contributed by atoms with Crippen molar-refractivity contribution in [2.45, 2.75) is 20.4 Å². The van der Waals surface area contributed by atoms with Crippen molar-refractivity contribution >= 4 is 34.2 Å². The zero-order valence-corrected chi connectivity index (χ0v) is 13.4. The van der Waals surface area contributed by atoms with E-state index in [1.165, 1.54) is 5.56 Å². The Bertz CT molecular complexity index is 340. The molecule has 0 fully saturated rings. The fourth-order valence-electron chi connectivity index (χ4n) is 1.66. The largest absolute Gasteiger partial charge is 0.311 e. The van der Waals surface area contributed by atoms with E-state index in [1.807, 2.05) is 6.07 Å². The molecular weight excluding hydrogens is 347 g/mol. The highest BCUT2D eigenvalue weighted by Crippen LogP contribution is 2.19. The Morgan fingerprint density at radius 3 is 2.59 bits per heavy atom. The molecule has 0 atom stereocenters. The van der Waals surface area contributed by atoms with Crippen molar-refractivity contribution in [3.05, 3.63) is 32.4 Å².